The highest BCUT2D eigenvalue weighted by molar-refractivity contribution is 6.36. The molecule has 2 aromatic rings. The summed E-state index contributed by atoms with van der Waals surface area (Å²) >= 11 is 12.1. The molecule has 27 heavy (non-hydrogen) atoms. The molecular weight excluding hydrogens is 430 g/mol. The summed E-state index contributed by atoms with van der Waals surface area (Å²) in [6.45, 7) is 4.18. The van der Waals surface area contributed by atoms with Crippen LogP contribution in [0, 0.1) is 0 Å². The van der Waals surface area contributed by atoms with E-state index in [4.69, 9.17) is 28.9 Å². The number of carbonyl (C=O) groups excluding carboxylic acids is 1. The van der Waals surface area contributed by atoms with Gasteiger partial charge in [0.2, 0.25) is 5.91 Å². The number of halogens is 4. The van der Waals surface area contributed by atoms with Gasteiger partial charge in [-0.2, -0.15) is 0 Å². The van der Waals surface area contributed by atoms with Crippen LogP contribution >= 0.6 is 48.0 Å². The van der Waals surface area contributed by atoms with Crippen LogP contribution in [0.1, 0.15) is 12.5 Å². The fraction of sp³-hybridized carbons (Fsp3) is 0.333. The summed E-state index contributed by atoms with van der Waals surface area (Å²) in [6.07, 6.45) is 1.58. The fourth-order valence-corrected chi connectivity index (χ4v) is 3.50. The van der Waals surface area contributed by atoms with E-state index in [2.05, 4.69) is 9.88 Å². The van der Waals surface area contributed by atoms with E-state index in [9.17, 15) is 4.79 Å². The number of nitrogens with two attached hydrogens (primary N) is 1. The van der Waals surface area contributed by atoms with Gasteiger partial charge in [0.15, 0.2) is 0 Å². The van der Waals surface area contributed by atoms with Gasteiger partial charge in [0.1, 0.15) is 11.4 Å². The minimum atomic E-state index is -1.04. The first-order chi connectivity index (χ1) is 11.9. The first-order valence-corrected chi connectivity index (χ1v) is 8.85. The van der Waals surface area contributed by atoms with E-state index in [0.717, 1.165) is 5.56 Å². The zero-order valence-electron chi connectivity index (χ0n) is 14.8. The lowest BCUT2D eigenvalue weighted by Crippen LogP contribution is -2.57. The number of aromatic nitrogens is 1. The van der Waals surface area contributed by atoms with Gasteiger partial charge in [-0.15, -0.1) is 24.8 Å². The van der Waals surface area contributed by atoms with Crippen LogP contribution in [0.3, 0.4) is 0 Å². The second-order valence-electron chi connectivity index (χ2n) is 6.31. The van der Waals surface area contributed by atoms with Crippen LogP contribution in [0.25, 0.3) is 0 Å². The standard InChI is InChI=1S/C18H20Cl2N4O.2ClH/c1-18(21,13-5-3-2-4-6-13)17(25)24-9-7-23(8-10-24)16-15(20)11-14(19)12-22-16;;/h2-6,11-12H,7-10,21H2,1H3;2*1H. The van der Waals surface area contributed by atoms with Gasteiger partial charge in [-0.1, -0.05) is 53.5 Å². The summed E-state index contributed by atoms with van der Waals surface area (Å²) in [5, 5.41) is 1.02. The van der Waals surface area contributed by atoms with Gasteiger partial charge < -0.3 is 15.5 Å². The van der Waals surface area contributed by atoms with Crippen LogP contribution in [0.2, 0.25) is 10.0 Å². The molecule has 0 aliphatic carbocycles. The van der Waals surface area contributed by atoms with Crippen LogP contribution in [0.5, 0.6) is 0 Å². The van der Waals surface area contributed by atoms with Crippen molar-refractivity contribution < 1.29 is 4.79 Å². The predicted molar refractivity (Wildman–Crippen MR) is 116 cm³/mol. The lowest BCUT2D eigenvalue weighted by atomic mass is 9.91. The number of benzene rings is 1. The van der Waals surface area contributed by atoms with Crippen LogP contribution in [0.15, 0.2) is 42.6 Å². The number of carbonyl (C=O) groups is 1. The van der Waals surface area contributed by atoms with Gasteiger partial charge in [0.25, 0.3) is 0 Å². The first kappa shape index (κ1) is 23.8. The molecule has 1 fully saturated rings. The molecule has 9 heteroatoms. The smallest absolute Gasteiger partial charge is 0.247 e. The highest BCUT2D eigenvalue weighted by atomic mass is 35.5. The molecule has 0 bridgehead atoms. The van der Waals surface area contributed by atoms with E-state index < -0.39 is 5.54 Å². The summed E-state index contributed by atoms with van der Waals surface area (Å²) in [6, 6.07) is 11.1. The van der Waals surface area contributed by atoms with Gasteiger partial charge in [0.05, 0.1) is 10.0 Å². The maximum Gasteiger partial charge on any atom is 0.247 e. The number of nitrogens with zero attached hydrogens (tertiary/aromatic N) is 3. The average Bonchev–Trinajstić information content (AvgIpc) is 2.62. The monoisotopic (exact) mass is 450 g/mol. The number of hydrogen-bond acceptors (Lipinski definition) is 4. The number of amides is 1. The molecule has 1 saturated heterocycles. The van der Waals surface area contributed by atoms with Crippen LogP contribution in [0.4, 0.5) is 5.82 Å². The van der Waals surface area contributed by atoms with Gasteiger partial charge in [-0.3, -0.25) is 4.79 Å². The van der Waals surface area contributed by atoms with Crippen molar-refractivity contribution in [3.8, 4) is 0 Å². The van der Waals surface area contributed by atoms with E-state index in [0.29, 0.717) is 42.0 Å². The van der Waals surface area contributed by atoms with Gasteiger partial charge in [-0.05, 0) is 18.6 Å². The Morgan fingerprint density at radius 3 is 2.26 bits per heavy atom. The summed E-state index contributed by atoms with van der Waals surface area (Å²) < 4.78 is 0. The Bertz CT molecular complexity index is 765. The molecule has 1 atom stereocenters. The molecule has 2 heterocycles. The van der Waals surface area contributed by atoms with Crippen molar-refractivity contribution in [2.75, 3.05) is 31.1 Å². The Morgan fingerprint density at radius 1 is 1.11 bits per heavy atom. The highest BCUT2D eigenvalue weighted by Gasteiger charge is 2.36. The Kier molecular flexibility index (Phi) is 8.64. The molecule has 1 aromatic carbocycles. The zero-order valence-corrected chi connectivity index (χ0v) is 17.9. The second kappa shape index (κ2) is 9.80. The Labute approximate surface area is 181 Å². The largest absolute Gasteiger partial charge is 0.352 e. The molecular formula is C18H22Cl4N4O. The third kappa shape index (κ3) is 5.18. The third-order valence-corrected chi connectivity index (χ3v) is 4.96. The molecule has 5 nitrogen and oxygen atoms in total. The van der Waals surface area contributed by atoms with Crippen molar-refractivity contribution >= 4 is 59.7 Å². The molecule has 1 aliphatic heterocycles. The molecule has 2 N–H and O–H groups in total. The number of hydrogen-bond donors (Lipinski definition) is 1. The first-order valence-electron chi connectivity index (χ1n) is 8.09. The van der Waals surface area contributed by atoms with Crippen LogP contribution < -0.4 is 10.6 Å². The maximum atomic E-state index is 12.9. The van der Waals surface area contributed by atoms with Gasteiger partial charge >= 0.3 is 0 Å². The van der Waals surface area contributed by atoms with Crippen molar-refractivity contribution in [2.45, 2.75) is 12.5 Å². The van der Waals surface area contributed by atoms with E-state index >= 15 is 0 Å². The highest BCUT2D eigenvalue weighted by Crippen LogP contribution is 2.27. The minimum Gasteiger partial charge on any atom is -0.352 e. The number of rotatable bonds is 3. The minimum absolute atomic E-state index is 0. The topological polar surface area (TPSA) is 62.5 Å². The van der Waals surface area contributed by atoms with Crippen LogP contribution in [-0.2, 0) is 10.3 Å². The fourth-order valence-electron chi connectivity index (χ4n) is 3.00. The lowest BCUT2D eigenvalue weighted by molar-refractivity contribution is -0.137. The summed E-state index contributed by atoms with van der Waals surface area (Å²) in [5.74, 6) is 0.616. The van der Waals surface area contributed by atoms with E-state index in [1.165, 1.54) is 0 Å². The van der Waals surface area contributed by atoms with Crippen molar-refractivity contribution in [3.05, 3.63) is 58.2 Å². The quantitative estimate of drug-likeness (QED) is 0.771. The molecule has 148 valence electrons. The zero-order chi connectivity index (χ0) is 18.0. The molecule has 1 unspecified atom stereocenters. The molecule has 3 rings (SSSR count). The Hall–Kier alpha value is -1.24. The molecule has 1 aliphatic rings. The Morgan fingerprint density at radius 2 is 1.70 bits per heavy atom. The second-order valence-corrected chi connectivity index (χ2v) is 7.15. The van der Waals surface area contributed by atoms with E-state index in [-0.39, 0.29) is 30.7 Å². The molecule has 0 spiro atoms. The summed E-state index contributed by atoms with van der Waals surface area (Å²) in [4.78, 5) is 21.1. The lowest BCUT2D eigenvalue weighted by Gasteiger charge is -2.39. The maximum absolute atomic E-state index is 12.9. The predicted octanol–water partition coefficient (Wildman–Crippen LogP) is 3.75. The number of piperazine rings is 1. The van der Waals surface area contributed by atoms with E-state index in [1.54, 1.807) is 24.1 Å². The van der Waals surface area contributed by atoms with Gasteiger partial charge in [-0.25, -0.2) is 4.98 Å². The summed E-state index contributed by atoms with van der Waals surface area (Å²) in [7, 11) is 0. The molecule has 0 saturated carbocycles. The van der Waals surface area contributed by atoms with Crippen molar-refractivity contribution in [1.82, 2.24) is 9.88 Å². The summed E-state index contributed by atoms with van der Waals surface area (Å²) in [5.41, 5.74) is 6.11. The van der Waals surface area contributed by atoms with Crippen molar-refractivity contribution in [2.24, 2.45) is 5.73 Å². The van der Waals surface area contributed by atoms with E-state index in [1.807, 2.05) is 30.3 Å². The SMILES string of the molecule is CC(N)(C(=O)N1CCN(c2ncc(Cl)cc2Cl)CC1)c1ccccc1.Cl.Cl. The molecule has 1 aromatic heterocycles. The van der Waals surface area contributed by atoms with Crippen LogP contribution in [-0.4, -0.2) is 42.0 Å². The van der Waals surface area contributed by atoms with Crippen molar-refractivity contribution in [3.63, 3.8) is 0 Å². The van der Waals surface area contributed by atoms with Crippen molar-refractivity contribution in [1.29, 1.82) is 0 Å². The average molecular weight is 452 g/mol. The third-order valence-electron chi connectivity index (χ3n) is 4.47. The number of anilines is 1. The number of pyridine rings is 1. The molecule has 0 radical (unpaired) electrons. The molecule has 1 amide bonds. The normalized spacial score (nSPS) is 16.0. The Balaban J connectivity index is 0.00000182. The van der Waals surface area contributed by atoms with Gasteiger partial charge in [0, 0.05) is 32.4 Å².